The van der Waals surface area contributed by atoms with E-state index in [-0.39, 0.29) is 11.8 Å². The summed E-state index contributed by atoms with van der Waals surface area (Å²) in [6.07, 6.45) is 9.01. The van der Waals surface area contributed by atoms with Gasteiger partial charge in [0.2, 0.25) is 5.91 Å². The van der Waals surface area contributed by atoms with E-state index in [0.29, 0.717) is 34.8 Å². The van der Waals surface area contributed by atoms with Gasteiger partial charge in [0.05, 0.1) is 34.3 Å². The number of nitrogens with one attached hydrogen (secondary N) is 3. The molecule has 37 heavy (non-hydrogen) atoms. The molecule has 1 amide bonds. The minimum Gasteiger partial charge on any atom is -0.336 e. The Morgan fingerprint density at radius 1 is 0.892 bits per heavy atom. The number of aromatic nitrogens is 8. The minimum atomic E-state index is -0.0417. The first-order valence-electron chi connectivity index (χ1n) is 11.9. The summed E-state index contributed by atoms with van der Waals surface area (Å²) in [5.41, 5.74) is 7.45. The zero-order valence-electron chi connectivity index (χ0n) is 20.2. The summed E-state index contributed by atoms with van der Waals surface area (Å²) in [6, 6.07) is 11.4. The van der Waals surface area contributed by atoms with Crippen LogP contribution in [0.5, 0.6) is 0 Å². The van der Waals surface area contributed by atoms with Crippen LogP contribution in [0.25, 0.3) is 56.1 Å². The van der Waals surface area contributed by atoms with Gasteiger partial charge in [-0.15, -0.1) is 0 Å². The topological polar surface area (TPSA) is 138 Å². The van der Waals surface area contributed by atoms with Crippen LogP contribution in [0.2, 0.25) is 0 Å². The van der Waals surface area contributed by atoms with E-state index in [1.54, 1.807) is 31.0 Å². The molecule has 0 aromatic carbocycles. The van der Waals surface area contributed by atoms with E-state index in [9.17, 15) is 4.79 Å². The van der Waals surface area contributed by atoms with Crippen LogP contribution in [0, 0.1) is 5.92 Å². The Bertz CT molecular complexity index is 1740. The smallest absolute Gasteiger partial charge is 0.224 e. The number of carbonyl (C=O) groups excluding carboxylic acids is 1. The molecule has 10 heteroatoms. The van der Waals surface area contributed by atoms with Crippen LogP contribution >= 0.6 is 0 Å². The van der Waals surface area contributed by atoms with Crippen LogP contribution in [0.3, 0.4) is 0 Å². The highest BCUT2D eigenvalue weighted by Gasteiger charge is 2.17. The van der Waals surface area contributed by atoms with Gasteiger partial charge in [0.1, 0.15) is 11.0 Å². The molecule has 182 valence electrons. The molecular weight excluding hydrogens is 466 g/mol. The number of carbonyl (C=O) groups is 1. The molecule has 10 nitrogen and oxygen atoms in total. The molecule has 0 saturated carbocycles. The average molecular weight is 490 g/mol. The zero-order valence-corrected chi connectivity index (χ0v) is 20.2. The molecule has 0 fully saturated rings. The van der Waals surface area contributed by atoms with Crippen molar-refractivity contribution in [2.45, 2.75) is 20.3 Å². The Labute approximate surface area is 211 Å². The maximum absolute atomic E-state index is 12.2. The molecule has 6 heterocycles. The Morgan fingerprint density at radius 2 is 1.73 bits per heavy atom. The molecule has 0 bridgehead atoms. The Hall–Kier alpha value is -4.99. The van der Waals surface area contributed by atoms with Gasteiger partial charge in [-0.3, -0.25) is 24.8 Å². The zero-order chi connectivity index (χ0) is 25.4. The van der Waals surface area contributed by atoms with Crippen molar-refractivity contribution in [3.63, 3.8) is 0 Å². The maximum atomic E-state index is 12.2. The lowest BCUT2D eigenvalue weighted by molar-refractivity contribution is -0.116. The highest BCUT2D eigenvalue weighted by Crippen LogP contribution is 2.30. The largest absolute Gasteiger partial charge is 0.336 e. The number of aromatic amines is 2. The predicted octanol–water partition coefficient (Wildman–Crippen LogP) is 5.00. The number of amides is 1. The number of nitrogens with zero attached hydrogens (tertiary/aromatic N) is 6. The first kappa shape index (κ1) is 22.5. The van der Waals surface area contributed by atoms with Gasteiger partial charge in [-0.25, -0.2) is 9.97 Å². The molecule has 0 aliphatic rings. The van der Waals surface area contributed by atoms with Gasteiger partial charge < -0.3 is 10.3 Å². The highest BCUT2D eigenvalue weighted by atomic mass is 16.1. The summed E-state index contributed by atoms with van der Waals surface area (Å²) in [4.78, 5) is 38.2. The van der Waals surface area contributed by atoms with E-state index in [1.165, 1.54) is 0 Å². The Kier molecular flexibility index (Phi) is 5.61. The number of rotatable bonds is 6. The lowest BCUT2D eigenvalue weighted by Crippen LogP contribution is -2.14. The molecule has 0 saturated heterocycles. The van der Waals surface area contributed by atoms with E-state index in [4.69, 9.17) is 9.97 Å². The second-order valence-electron chi connectivity index (χ2n) is 9.15. The molecule has 0 radical (unpaired) electrons. The summed E-state index contributed by atoms with van der Waals surface area (Å²) in [5.74, 6) is 0.816. The molecule has 0 spiro atoms. The second-order valence-corrected chi connectivity index (χ2v) is 9.15. The van der Waals surface area contributed by atoms with E-state index < -0.39 is 0 Å². The molecule has 0 aliphatic carbocycles. The Balaban J connectivity index is 1.38. The van der Waals surface area contributed by atoms with Gasteiger partial charge in [0.15, 0.2) is 11.5 Å². The molecule has 0 atom stereocenters. The first-order chi connectivity index (χ1) is 18.0. The number of H-pyrrole nitrogens is 2. The van der Waals surface area contributed by atoms with Crippen LogP contribution in [0.1, 0.15) is 20.3 Å². The lowest BCUT2D eigenvalue weighted by atomic mass is 10.1. The third-order valence-corrected chi connectivity index (χ3v) is 5.90. The number of fused-ring (bicyclic) bond motifs is 2. The molecule has 0 unspecified atom stereocenters. The standard InChI is InChI=1S/C27H23N9O/c1-15(2)11-22(37)31-18-12-17(13-29-14-18)19-3-4-21-25(32-19)26(36-35-21)27-33-20-7-10-30-23(24(20)34-27)16-5-8-28-9-6-16/h3-10,12-15H,11H2,1-2H3,(H,31,37)(H,33,34)(H,35,36). The minimum absolute atomic E-state index is 0.0417. The third-order valence-electron chi connectivity index (χ3n) is 5.90. The first-order valence-corrected chi connectivity index (χ1v) is 11.9. The predicted molar refractivity (Wildman–Crippen MR) is 141 cm³/mol. The lowest BCUT2D eigenvalue weighted by Gasteiger charge is -2.08. The molecule has 6 aromatic heterocycles. The normalized spacial score (nSPS) is 11.4. The van der Waals surface area contributed by atoms with Crippen LogP contribution in [0.15, 0.2) is 67.4 Å². The summed E-state index contributed by atoms with van der Waals surface area (Å²) in [6.45, 7) is 4.02. The number of hydrogen-bond acceptors (Lipinski definition) is 7. The van der Waals surface area contributed by atoms with Crippen molar-refractivity contribution in [3.8, 4) is 34.0 Å². The monoisotopic (exact) mass is 489 g/mol. The third kappa shape index (κ3) is 4.40. The quantitative estimate of drug-likeness (QED) is 0.299. The van der Waals surface area contributed by atoms with Crippen LogP contribution < -0.4 is 5.32 Å². The van der Waals surface area contributed by atoms with Crippen molar-refractivity contribution >= 4 is 33.7 Å². The molecule has 6 aromatic rings. The fraction of sp³-hybridized carbons (Fsp3) is 0.148. The van der Waals surface area contributed by atoms with Gasteiger partial charge in [0, 0.05) is 42.3 Å². The fourth-order valence-corrected chi connectivity index (χ4v) is 4.22. The number of pyridine rings is 4. The van der Waals surface area contributed by atoms with Crippen LogP contribution in [0.4, 0.5) is 5.69 Å². The van der Waals surface area contributed by atoms with Gasteiger partial charge in [-0.2, -0.15) is 5.10 Å². The molecule has 0 aliphatic heterocycles. The summed E-state index contributed by atoms with van der Waals surface area (Å²) in [7, 11) is 0. The second kappa shape index (κ2) is 9.23. The van der Waals surface area contributed by atoms with Gasteiger partial charge >= 0.3 is 0 Å². The number of anilines is 1. The van der Waals surface area contributed by atoms with E-state index in [2.05, 4.69) is 35.5 Å². The van der Waals surface area contributed by atoms with Gasteiger partial charge in [-0.05, 0) is 42.3 Å². The average Bonchev–Trinajstić information content (AvgIpc) is 3.52. The molecule has 3 N–H and O–H groups in total. The Morgan fingerprint density at radius 3 is 2.57 bits per heavy atom. The van der Waals surface area contributed by atoms with Crippen LogP contribution in [-0.4, -0.2) is 46.0 Å². The van der Waals surface area contributed by atoms with Crippen LogP contribution in [-0.2, 0) is 4.79 Å². The van der Waals surface area contributed by atoms with Crippen molar-refractivity contribution in [2.24, 2.45) is 5.92 Å². The SMILES string of the molecule is CC(C)CC(=O)Nc1cncc(-c2ccc3[nH]nc(-c4nc5c(-c6ccncc6)nccc5[nH]4)c3n2)c1. The maximum Gasteiger partial charge on any atom is 0.224 e. The van der Waals surface area contributed by atoms with Gasteiger partial charge in [-0.1, -0.05) is 13.8 Å². The van der Waals surface area contributed by atoms with Crippen molar-refractivity contribution in [2.75, 3.05) is 5.32 Å². The summed E-state index contributed by atoms with van der Waals surface area (Å²) in [5, 5.41) is 10.5. The van der Waals surface area contributed by atoms with E-state index in [1.807, 2.05) is 50.2 Å². The van der Waals surface area contributed by atoms with Gasteiger partial charge in [0.25, 0.3) is 0 Å². The van der Waals surface area contributed by atoms with Crippen molar-refractivity contribution in [1.29, 1.82) is 0 Å². The summed E-state index contributed by atoms with van der Waals surface area (Å²) < 4.78 is 0. The summed E-state index contributed by atoms with van der Waals surface area (Å²) >= 11 is 0. The fourth-order valence-electron chi connectivity index (χ4n) is 4.22. The van der Waals surface area contributed by atoms with E-state index >= 15 is 0 Å². The van der Waals surface area contributed by atoms with E-state index in [0.717, 1.165) is 33.4 Å². The molecule has 6 rings (SSSR count). The number of imidazole rings is 1. The van der Waals surface area contributed by atoms with Crippen molar-refractivity contribution in [1.82, 2.24) is 40.1 Å². The molecular formula is C27H23N9O. The van der Waals surface area contributed by atoms with Crippen molar-refractivity contribution in [3.05, 3.63) is 67.4 Å². The number of hydrogen-bond donors (Lipinski definition) is 3. The highest BCUT2D eigenvalue weighted by molar-refractivity contribution is 5.95. The van der Waals surface area contributed by atoms with Crippen molar-refractivity contribution < 1.29 is 4.79 Å².